The van der Waals surface area contributed by atoms with E-state index in [1.807, 2.05) is 54.6 Å². The number of aliphatic hydroxyl groups is 1. The zero-order chi connectivity index (χ0) is 24.6. The van der Waals surface area contributed by atoms with Crippen LogP contribution in [-0.4, -0.2) is 35.4 Å². The third-order valence-electron chi connectivity index (χ3n) is 4.69. The second-order valence-corrected chi connectivity index (χ2v) is 8.31. The Bertz CT molecular complexity index is 1070. The molecule has 0 unspecified atom stereocenters. The number of hydrogen-bond donors (Lipinski definition) is 5. The normalized spacial score (nSPS) is 10.4. The van der Waals surface area contributed by atoms with Gasteiger partial charge in [-0.1, -0.05) is 30.0 Å². The fraction of sp³-hybridized carbons (Fsp3) is 0.192. The number of carbonyl (C=O) groups excluding carboxylic acids is 1. The fourth-order valence-electron chi connectivity index (χ4n) is 3.05. The number of amides is 1. The molecule has 0 fully saturated rings. The Balaban J connectivity index is 0.00000129. The van der Waals surface area contributed by atoms with Gasteiger partial charge >= 0.3 is 0 Å². The van der Waals surface area contributed by atoms with E-state index in [0.29, 0.717) is 17.0 Å². The van der Waals surface area contributed by atoms with Crippen molar-refractivity contribution < 1.29 is 9.90 Å². The summed E-state index contributed by atoms with van der Waals surface area (Å²) in [6.45, 7) is 1.12. The highest BCUT2D eigenvalue weighted by Gasteiger charge is 2.08. The van der Waals surface area contributed by atoms with Gasteiger partial charge in [0.2, 0.25) is 6.41 Å². The van der Waals surface area contributed by atoms with Crippen molar-refractivity contribution >= 4 is 41.3 Å². The lowest BCUT2D eigenvalue weighted by molar-refractivity contribution is -0.106. The van der Waals surface area contributed by atoms with Gasteiger partial charge in [-0.3, -0.25) is 9.78 Å². The SMILES string of the molecule is N=C(/C=C/c1ccccn1)c1ccc(Sc2ccccc2NCCCCCO)cc1N.NC=O. The average molecular weight is 478 g/mol. The van der Waals surface area contributed by atoms with Gasteiger partial charge in [-0.05, 0) is 73.9 Å². The molecule has 8 heteroatoms. The second-order valence-electron chi connectivity index (χ2n) is 7.20. The summed E-state index contributed by atoms with van der Waals surface area (Å²) in [5.41, 5.74) is 14.0. The number of aromatic nitrogens is 1. The number of benzene rings is 2. The van der Waals surface area contributed by atoms with Crippen molar-refractivity contribution in [3.63, 3.8) is 0 Å². The molecule has 7 nitrogen and oxygen atoms in total. The maximum absolute atomic E-state index is 8.90. The molecular weight excluding hydrogens is 446 g/mol. The van der Waals surface area contributed by atoms with Crippen molar-refractivity contribution in [2.75, 3.05) is 24.2 Å². The van der Waals surface area contributed by atoms with E-state index in [1.165, 1.54) is 0 Å². The smallest absolute Gasteiger partial charge is 0.204 e. The van der Waals surface area contributed by atoms with Gasteiger partial charge in [-0.15, -0.1) is 0 Å². The molecule has 0 atom stereocenters. The van der Waals surface area contributed by atoms with Crippen LogP contribution < -0.4 is 16.8 Å². The molecule has 0 bridgehead atoms. The van der Waals surface area contributed by atoms with Crippen LogP contribution in [0.3, 0.4) is 0 Å². The third-order valence-corrected chi connectivity index (χ3v) is 5.75. The third kappa shape index (κ3) is 9.09. The highest BCUT2D eigenvalue weighted by atomic mass is 32.2. The van der Waals surface area contributed by atoms with Crippen LogP contribution in [0.2, 0.25) is 0 Å². The van der Waals surface area contributed by atoms with Gasteiger partial charge in [0.25, 0.3) is 0 Å². The number of rotatable bonds is 11. The van der Waals surface area contributed by atoms with Crippen LogP contribution in [0.1, 0.15) is 30.5 Å². The van der Waals surface area contributed by atoms with Gasteiger partial charge in [0, 0.05) is 46.1 Å². The summed E-state index contributed by atoms with van der Waals surface area (Å²) in [6, 6.07) is 19.7. The number of anilines is 2. The maximum atomic E-state index is 8.90. The number of primary amides is 1. The zero-order valence-corrected chi connectivity index (χ0v) is 19.8. The lowest BCUT2D eigenvalue weighted by atomic mass is 10.1. The van der Waals surface area contributed by atoms with E-state index in [2.05, 4.69) is 28.2 Å². The first-order valence-electron chi connectivity index (χ1n) is 10.9. The molecule has 3 aromatic rings. The number of para-hydroxylation sites is 1. The second kappa shape index (κ2) is 15.3. The van der Waals surface area contributed by atoms with E-state index in [4.69, 9.17) is 21.0 Å². The van der Waals surface area contributed by atoms with E-state index in [0.717, 1.165) is 47.0 Å². The number of nitrogens with one attached hydrogen (secondary N) is 2. The summed E-state index contributed by atoms with van der Waals surface area (Å²) in [6.07, 6.45) is 8.39. The van der Waals surface area contributed by atoms with Gasteiger partial charge < -0.3 is 27.3 Å². The van der Waals surface area contributed by atoms with Crippen LogP contribution in [0.25, 0.3) is 6.08 Å². The molecular formula is C26H31N5O2S. The molecule has 1 heterocycles. The van der Waals surface area contributed by atoms with Crippen LogP contribution >= 0.6 is 11.8 Å². The fourth-order valence-corrected chi connectivity index (χ4v) is 4.02. The first-order valence-corrected chi connectivity index (χ1v) is 11.7. The molecule has 1 amide bonds. The number of hydrogen-bond acceptors (Lipinski definition) is 7. The number of aliphatic hydroxyl groups excluding tert-OH is 1. The summed E-state index contributed by atoms with van der Waals surface area (Å²) < 4.78 is 0. The number of unbranched alkanes of at least 4 members (excludes halogenated alkanes) is 2. The van der Waals surface area contributed by atoms with Crippen molar-refractivity contribution in [2.45, 2.75) is 29.1 Å². The number of nitrogens with two attached hydrogens (primary N) is 2. The molecule has 0 aliphatic carbocycles. The lowest BCUT2D eigenvalue weighted by Crippen LogP contribution is -2.03. The topological polar surface area (TPSA) is 138 Å². The lowest BCUT2D eigenvalue weighted by Gasteiger charge is -2.13. The van der Waals surface area contributed by atoms with Crippen molar-refractivity contribution in [1.82, 2.24) is 4.98 Å². The Kier molecular flexibility index (Phi) is 12.0. The number of pyridine rings is 1. The molecule has 0 spiro atoms. The first kappa shape index (κ1) is 26.6. The predicted octanol–water partition coefficient (Wildman–Crippen LogP) is 4.57. The summed E-state index contributed by atoms with van der Waals surface area (Å²) >= 11 is 1.65. The maximum Gasteiger partial charge on any atom is 0.204 e. The van der Waals surface area contributed by atoms with Gasteiger partial charge in [0.05, 0.1) is 11.4 Å². The molecule has 178 valence electrons. The van der Waals surface area contributed by atoms with E-state index >= 15 is 0 Å². The summed E-state index contributed by atoms with van der Waals surface area (Å²) in [5, 5.41) is 20.7. The largest absolute Gasteiger partial charge is 0.398 e. The Morgan fingerprint density at radius 3 is 2.56 bits per heavy atom. The minimum atomic E-state index is 0.250. The molecule has 3 rings (SSSR count). The van der Waals surface area contributed by atoms with E-state index in [1.54, 1.807) is 24.0 Å². The van der Waals surface area contributed by atoms with Crippen LogP contribution in [0.15, 0.2) is 82.7 Å². The first-order chi connectivity index (χ1) is 16.6. The van der Waals surface area contributed by atoms with Crippen molar-refractivity contribution in [3.05, 3.63) is 84.2 Å². The van der Waals surface area contributed by atoms with Crippen LogP contribution in [-0.2, 0) is 4.79 Å². The minimum Gasteiger partial charge on any atom is -0.398 e. The molecule has 0 aliphatic heterocycles. The van der Waals surface area contributed by atoms with Crippen molar-refractivity contribution in [3.8, 4) is 0 Å². The molecule has 0 radical (unpaired) electrons. The highest BCUT2D eigenvalue weighted by molar-refractivity contribution is 7.99. The van der Waals surface area contributed by atoms with E-state index in [-0.39, 0.29) is 13.0 Å². The number of nitrogen functional groups attached to an aromatic ring is 1. The predicted molar refractivity (Wildman–Crippen MR) is 141 cm³/mol. The van der Waals surface area contributed by atoms with E-state index < -0.39 is 0 Å². The van der Waals surface area contributed by atoms with Gasteiger partial charge in [-0.25, -0.2) is 0 Å². The standard InChI is InChI=1S/C25H28N4OS.CH3NO/c26-22(14-11-19-8-4-6-15-28-19)21-13-12-20(18-23(21)27)31-25-10-3-2-9-24(25)29-16-5-1-7-17-30;2-1-3/h2-4,6,8-15,18,26,29-30H,1,5,7,16-17,27H2;1H,(H2,2,3)/b14-11+,26-22?;. The van der Waals surface area contributed by atoms with Crippen LogP contribution in [0.4, 0.5) is 11.4 Å². The number of carbonyl (C=O) groups is 1. The van der Waals surface area contributed by atoms with Crippen LogP contribution in [0, 0.1) is 5.41 Å². The average Bonchev–Trinajstić information content (AvgIpc) is 2.85. The van der Waals surface area contributed by atoms with Gasteiger partial charge in [0.15, 0.2) is 0 Å². The molecule has 0 saturated heterocycles. The summed E-state index contributed by atoms with van der Waals surface area (Å²) in [5.74, 6) is 0. The zero-order valence-electron chi connectivity index (χ0n) is 19.0. The quantitative estimate of drug-likeness (QED) is 0.119. The molecule has 0 saturated carbocycles. The van der Waals surface area contributed by atoms with Crippen molar-refractivity contribution in [1.29, 1.82) is 5.41 Å². The summed E-state index contributed by atoms with van der Waals surface area (Å²) in [4.78, 5) is 15.0. The Morgan fingerprint density at radius 1 is 1.09 bits per heavy atom. The minimum absolute atomic E-state index is 0.250. The van der Waals surface area contributed by atoms with Gasteiger partial charge in [-0.2, -0.15) is 0 Å². The Labute approximate surface area is 204 Å². The Hall–Kier alpha value is -3.62. The van der Waals surface area contributed by atoms with Gasteiger partial charge in [0.1, 0.15) is 0 Å². The molecule has 7 N–H and O–H groups in total. The highest BCUT2D eigenvalue weighted by Crippen LogP contribution is 2.35. The number of allylic oxidation sites excluding steroid dienone is 1. The number of nitrogens with zero attached hydrogens (tertiary/aromatic N) is 1. The molecule has 2 aromatic carbocycles. The van der Waals surface area contributed by atoms with E-state index in [9.17, 15) is 0 Å². The molecule has 34 heavy (non-hydrogen) atoms. The molecule has 1 aromatic heterocycles. The Morgan fingerprint density at radius 2 is 1.85 bits per heavy atom. The molecule has 0 aliphatic rings. The van der Waals surface area contributed by atoms with Crippen LogP contribution in [0.5, 0.6) is 0 Å². The van der Waals surface area contributed by atoms with Crippen molar-refractivity contribution in [2.24, 2.45) is 5.73 Å². The summed E-state index contributed by atoms with van der Waals surface area (Å²) in [7, 11) is 0. The monoisotopic (exact) mass is 477 g/mol.